The van der Waals surface area contributed by atoms with Crippen molar-refractivity contribution in [2.75, 3.05) is 26.0 Å². The van der Waals surface area contributed by atoms with Gasteiger partial charge in [-0.1, -0.05) is 11.6 Å². The molecule has 0 spiro atoms. The molecule has 1 aliphatic carbocycles. The lowest BCUT2D eigenvalue weighted by Crippen LogP contribution is -2.36. The summed E-state index contributed by atoms with van der Waals surface area (Å²) in [5.74, 6) is 0.841. The van der Waals surface area contributed by atoms with Crippen molar-refractivity contribution in [3.8, 4) is 0 Å². The van der Waals surface area contributed by atoms with Crippen LogP contribution in [-0.2, 0) is 11.3 Å². The molecule has 0 radical (unpaired) electrons. The van der Waals surface area contributed by atoms with E-state index in [0.717, 1.165) is 31.3 Å². The minimum atomic E-state index is 0.593. The number of hydrogen-bond donors (Lipinski definition) is 1. The minimum absolute atomic E-state index is 0.593. The van der Waals surface area contributed by atoms with Gasteiger partial charge in [-0.2, -0.15) is 0 Å². The number of ether oxygens (including phenoxy) is 1. The number of anilines is 1. The van der Waals surface area contributed by atoms with Gasteiger partial charge in [0.1, 0.15) is 0 Å². The third-order valence-corrected chi connectivity index (χ3v) is 4.05. The van der Waals surface area contributed by atoms with Gasteiger partial charge < -0.3 is 10.5 Å². The monoisotopic (exact) mass is 282 g/mol. The van der Waals surface area contributed by atoms with Crippen molar-refractivity contribution in [1.82, 2.24) is 4.90 Å². The van der Waals surface area contributed by atoms with E-state index in [9.17, 15) is 0 Å². The van der Waals surface area contributed by atoms with Crippen LogP contribution in [0.15, 0.2) is 18.2 Å². The highest BCUT2D eigenvalue weighted by atomic mass is 35.5. The van der Waals surface area contributed by atoms with Gasteiger partial charge in [-0.3, -0.25) is 4.90 Å². The molecule has 0 heterocycles. The Morgan fingerprint density at radius 3 is 2.74 bits per heavy atom. The van der Waals surface area contributed by atoms with Gasteiger partial charge in [0, 0.05) is 37.0 Å². The van der Waals surface area contributed by atoms with Crippen molar-refractivity contribution < 1.29 is 4.74 Å². The van der Waals surface area contributed by atoms with Gasteiger partial charge in [0.05, 0.1) is 6.61 Å². The number of hydrogen-bond acceptors (Lipinski definition) is 3. The molecule has 106 valence electrons. The lowest BCUT2D eigenvalue weighted by atomic mass is 10.1. The zero-order valence-electron chi connectivity index (χ0n) is 11.7. The van der Waals surface area contributed by atoms with Crippen molar-refractivity contribution >= 4 is 17.3 Å². The fourth-order valence-corrected chi connectivity index (χ4v) is 2.78. The van der Waals surface area contributed by atoms with Crippen molar-refractivity contribution in [3.63, 3.8) is 0 Å². The second kappa shape index (κ2) is 6.60. The van der Waals surface area contributed by atoms with Crippen molar-refractivity contribution in [2.45, 2.75) is 32.4 Å². The first kappa shape index (κ1) is 14.6. The number of benzene rings is 1. The molecule has 0 saturated heterocycles. The Morgan fingerprint density at radius 2 is 2.16 bits per heavy atom. The van der Waals surface area contributed by atoms with E-state index in [1.54, 1.807) is 13.2 Å². The van der Waals surface area contributed by atoms with Gasteiger partial charge >= 0.3 is 0 Å². The highest BCUT2D eigenvalue weighted by Gasteiger charge is 2.31. The molecule has 1 aromatic carbocycles. The van der Waals surface area contributed by atoms with E-state index in [1.807, 2.05) is 12.1 Å². The molecule has 2 N–H and O–H groups in total. The first-order valence-electron chi connectivity index (χ1n) is 6.88. The normalized spacial score (nSPS) is 16.8. The van der Waals surface area contributed by atoms with Crippen LogP contribution in [0.5, 0.6) is 0 Å². The van der Waals surface area contributed by atoms with Gasteiger partial charge in [0.25, 0.3) is 0 Å². The van der Waals surface area contributed by atoms with Crippen LogP contribution in [0.4, 0.5) is 5.69 Å². The molecule has 0 amide bonds. The summed E-state index contributed by atoms with van der Waals surface area (Å²) in [6.07, 6.45) is 2.70. The molecule has 0 bridgehead atoms. The number of nitrogen functional groups attached to an aromatic ring is 1. The number of nitrogens with zero attached hydrogens (tertiary/aromatic N) is 1. The molecule has 2 rings (SSSR count). The molecule has 1 aliphatic rings. The van der Waals surface area contributed by atoms with Crippen LogP contribution in [0.25, 0.3) is 0 Å². The molecule has 3 nitrogen and oxygen atoms in total. The van der Waals surface area contributed by atoms with Crippen LogP contribution in [0.1, 0.15) is 25.3 Å². The first-order chi connectivity index (χ1) is 9.10. The number of halogens is 1. The molecule has 0 aliphatic heterocycles. The van der Waals surface area contributed by atoms with Crippen LogP contribution in [0, 0.1) is 5.92 Å². The summed E-state index contributed by atoms with van der Waals surface area (Å²) in [7, 11) is 1.75. The fourth-order valence-electron chi connectivity index (χ4n) is 2.51. The molecule has 1 saturated carbocycles. The lowest BCUT2D eigenvalue weighted by Gasteiger charge is -2.29. The minimum Gasteiger partial charge on any atom is -0.399 e. The second-order valence-corrected chi connectivity index (χ2v) is 5.87. The molecule has 1 atom stereocenters. The summed E-state index contributed by atoms with van der Waals surface area (Å²) >= 11 is 6.07. The van der Waals surface area contributed by atoms with Gasteiger partial charge in [-0.25, -0.2) is 0 Å². The van der Waals surface area contributed by atoms with E-state index in [1.165, 1.54) is 18.4 Å². The molecule has 1 fully saturated rings. The topological polar surface area (TPSA) is 38.5 Å². The smallest absolute Gasteiger partial charge is 0.0589 e. The molecule has 19 heavy (non-hydrogen) atoms. The largest absolute Gasteiger partial charge is 0.399 e. The Bertz CT molecular complexity index is 400. The third-order valence-electron chi connectivity index (χ3n) is 3.83. The predicted molar refractivity (Wildman–Crippen MR) is 80.3 cm³/mol. The number of methoxy groups -OCH3 is 1. The van der Waals surface area contributed by atoms with Gasteiger partial charge in [-0.05, 0) is 49.4 Å². The van der Waals surface area contributed by atoms with Crippen molar-refractivity contribution in [2.24, 2.45) is 5.92 Å². The number of nitrogens with two attached hydrogens (primary N) is 1. The maximum Gasteiger partial charge on any atom is 0.0589 e. The Labute approximate surface area is 120 Å². The van der Waals surface area contributed by atoms with Gasteiger partial charge in [0.2, 0.25) is 0 Å². The molecule has 1 aromatic rings. The molecular weight excluding hydrogens is 260 g/mol. The van der Waals surface area contributed by atoms with E-state index in [4.69, 9.17) is 22.1 Å². The SMILES string of the molecule is COCCN(Cc1cc(N)cc(Cl)c1)C(C)C1CC1. The van der Waals surface area contributed by atoms with E-state index in [0.29, 0.717) is 11.1 Å². The summed E-state index contributed by atoms with van der Waals surface area (Å²) in [5.41, 5.74) is 7.76. The van der Waals surface area contributed by atoms with Crippen LogP contribution in [0.3, 0.4) is 0 Å². The van der Waals surface area contributed by atoms with Gasteiger partial charge in [0.15, 0.2) is 0 Å². The fraction of sp³-hybridized carbons (Fsp3) is 0.600. The highest BCUT2D eigenvalue weighted by Crippen LogP contribution is 2.35. The highest BCUT2D eigenvalue weighted by molar-refractivity contribution is 6.30. The van der Waals surface area contributed by atoms with Crippen LogP contribution in [0.2, 0.25) is 5.02 Å². The van der Waals surface area contributed by atoms with E-state index >= 15 is 0 Å². The van der Waals surface area contributed by atoms with E-state index in [-0.39, 0.29) is 0 Å². The summed E-state index contributed by atoms with van der Waals surface area (Å²) in [5, 5.41) is 0.709. The zero-order valence-corrected chi connectivity index (χ0v) is 12.5. The Morgan fingerprint density at radius 1 is 1.42 bits per heavy atom. The van der Waals surface area contributed by atoms with E-state index < -0.39 is 0 Å². The average molecular weight is 283 g/mol. The van der Waals surface area contributed by atoms with Crippen LogP contribution < -0.4 is 5.73 Å². The zero-order chi connectivity index (χ0) is 13.8. The van der Waals surface area contributed by atoms with Crippen LogP contribution >= 0.6 is 11.6 Å². The third kappa shape index (κ3) is 4.37. The molecular formula is C15H23ClN2O. The average Bonchev–Trinajstić information content (AvgIpc) is 3.16. The maximum absolute atomic E-state index is 6.07. The van der Waals surface area contributed by atoms with Crippen LogP contribution in [-0.4, -0.2) is 31.2 Å². The van der Waals surface area contributed by atoms with Crippen molar-refractivity contribution in [1.29, 1.82) is 0 Å². The van der Waals surface area contributed by atoms with Crippen molar-refractivity contribution in [3.05, 3.63) is 28.8 Å². The molecule has 0 aromatic heterocycles. The lowest BCUT2D eigenvalue weighted by molar-refractivity contribution is 0.111. The first-order valence-corrected chi connectivity index (χ1v) is 7.26. The van der Waals surface area contributed by atoms with E-state index in [2.05, 4.69) is 11.8 Å². The summed E-state index contributed by atoms with van der Waals surface area (Å²) in [6.45, 7) is 4.89. The quantitative estimate of drug-likeness (QED) is 0.781. The Balaban J connectivity index is 2.04. The summed E-state index contributed by atoms with van der Waals surface area (Å²) < 4.78 is 5.22. The molecule has 1 unspecified atom stereocenters. The maximum atomic E-state index is 6.07. The standard InChI is InChI=1S/C15H23ClN2O/c1-11(13-3-4-13)18(5-6-19-2)10-12-7-14(16)9-15(17)8-12/h7-9,11,13H,3-6,10,17H2,1-2H3. The van der Waals surface area contributed by atoms with Gasteiger partial charge in [-0.15, -0.1) is 0 Å². The number of rotatable bonds is 7. The molecule has 4 heteroatoms. The Kier molecular flexibility index (Phi) is 5.08. The summed E-state index contributed by atoms with van der Waals surface area (Å²) in [4.78, 5) is 2.46. The second-order valence-electron chi connectivity index (χ2n) is 5.43. The Hall–Kier alpha value is -0.770. The summed E-state index contributed by atoms with van der Waals surface area (Å²) in [6, 6.07) is 6.38. The predicted octanol–water partition coefficient (Wildman–Crippen LogP) is 3.17.